The molecule has 2 fully saturated rings. The first kappa shape index (κ1) is 38.2. The summed E-state index contributed by atoms with van der Waals surface area (Å²) < 4.78 is 22.7. The molecule has 8 nitrogen and oxygen atoms in total. The van der Waals surface area contributed by atoms with Crippen LogP contribution >= 0.6 is 0 Å². The van der Waals surface area contributed by atoms with Gasteiger partial charge in [0, 0.05) is 76.8 Å². The van der Waals surface area contributed by atoms with E-state index in [-0.39, 0.29) is 12.2 Å². The highest BCUT2D eigenvalue weighted by molar-refractivity contribution is 5.50. The van der Waals surface area contributed by atoms with Crippen LogP contribution in [-0.4, -0.2) is 103 Å². The third-order valence-corrected chi connectivity index (χ3v) is 11.7. The average molecular weight is 733 g/mol. The molecule has 288 valence electrons. The lowest BCUT2D eigenvalue weighted by molar-refractivity contribution is 0.0288. The van der Waals surface area contributed by atoms with Crippen molar-refractivity contribution in [2.75, 3.05) is 103 Å². The van der Waals surface area contributed by atoms with E-state index in [0.717, 1.165) is 116 Å². The molecule has 8 heteroatoms. The molecule has 0 aliphatic carbocycles. The van der Waals surface area contributed by atoms with Gasteiger partial charge in [-0.1, -0.05) is 47.5 Å². The highest BCUT2D eigenvalue weighted by Gasteiger charge is 2.25. The Labute approximate surface area is 323 Å². The minimum atomic E-state index is 0.258. The molecule has 4 aliphatic heterocycles. The SMILES string of the molecule is COc1ccc(N2CCN(CCC3OCCc4cc(C)ccc43)CC2)cc1.COc1ccc(N2CCN(CCC3OCCc4ccc(C)cc43)CC2)cc1. The van der Waals surface area contributed by atoms with E-state index < -0.39 is 0 Å². The zero-order valence-electron chi connectivity index (χ0n) is 33.0. The van der Waals surface area contributed by atoms with Crippen molar-refractivity contribution in [3.8, 4) is 11.5 Å². The Kier molecular flexibility index (Phi) is 13.1. The number of ether oxygens (including phenoxy) is 4. The first-order valence-electron chi connectivity index (χ1n) is 20.1. The first-order valence-corrected chi connectivity index (χ1v) is 20.1. The summed E-state index contributed by atoms with van der Waals surface area (Å²) >= 11 is 0. The van der Waals surface area contributed by atoms with E-state index in [2.05, 4.69) is 94.1 Å². The van der Waals surface area contributed by atoms with Crippen LogP contribution < -0.4 is 19.3 Å². The van der Waals surface area contributed by atoms with E-state index in [0.29, 0.717) is 0 Å². The fourth-order valence-electron chi connectivity index (χ4n) is 8.43. The Morgan fingerprint density at radius 3 is 1.50 bits per heavy atom. The molecule has 0 N–H and O–H groups in total. The lowest BCUT2D eigenvalue weighted by atomic mass is 9.94. The quantitative estimate of drug-likeness (QED) is 0.165. The molecule has 0 aromatic heterocycles. The number of hydrogen-bond acceptors (Lipinski definition) is 8. The van der Waals surface area contributed by atoms with E-state index in [1.165, 1.54) is 44.8 Å². The van der Waals surface area contributed by atoms with Gasteiger partial charge in [0.25, 0.3) is 0 Å². The van der Waals surface area contributed by atoms with Gasteiger partial charge in [-0.15, -0.1) is 0 Å². The average Bonchev–Trinajstić information content (AvgIpc) is 3.22. The summed E-state index contributed by atoms with van der Waals surface area (Å²) in [5.41, 5.74) is 11.0. The molecular weight excluding hydrogens is 673 g/mol. The number of fused-ring (bicyclic) bond motifs is 2. The zero-order chi connectivity index (χ0) is 37.3. The maximum atomic E-state index is 6.11. The van der Waals surface area contributed by atoms with Crippen molar-refractivity contribution in [3.63, 3.8) is 0 Å². The van der Waals surface area contributed by atoms with Crippen LogP contribution in [0.5, 0.6) is 11.5 Å². The summed E-state index contributed by atoms with van der Waals surface area (Å²) in [7, 11) is 3.42. The second-order valence-electron chi connectivity index (χ2n) is 15.3. The summed E-state index contributed by atoms with van der Waals surface area (Å²) in [6, 6.07) is 30.4. The molecule has 4 aromatic carbocycles. The van der Waals surface area contributed by atoms with Crippen LogP contribution in [0.1, 0.15) is 58.4 Å². The Hall–Kier alpha value is -4.08. The predicted octanol–water partition coefficient (Wildman–Crippen LogP) is 7.66. The minimum absolute atomic E-state index is 0.258. The highest BCUT2D eigenvalue weighted by atomic mass is 16.5. The van der Waals surface area contributed by atoms with Crippen LogP contribution in [0.15, 0.2) is 84.9 Å². The van der Waals surface area contributed by atoms with Crippen LogP contribution in [0.4, 0.5) is 11.4 Å². The van der Waals surface area contributed by atoms with Gasteiger partial charge in [-0.3, -0.25) is 9.80 Å². The molecular formula is C46H60N4O4. The van der Waals surface area contributed by atoms with Crippen molar-refractivity contribution < 1.29 is 18.9 Å². The summed E-state index contributed by atoms with van der Waals surface area (Å²) in [6.45, 7) is 17.0. The van der Waals surface area contributed by atoms with Crippen molar-refractivity contribution in [2.45, 2.75) is 51.7 Å². The van der Waals surface area contributed by atoms with Crippen LogP contribution in [0.2, 0.25) is 0 Å². The molecule has 0 radical (unpaired) electrons. The second kappa shape index (κ2) is 18.5. The zero-order valence-corrected chi connectivity index (χ0v) is 33.0. The molecule has 0 saturated carbocycles. The molecule has 2 unspecified atom stereocenters. The Morgan fingerprint density at radius 2 is 0.981 bits per heavy atom. The number of piperazine rings is 2. The van der Waals surface area contributed by atoms with E-state index >= 15 is 0 Å². The molecule has 8 rings (SSSR count). The number of rotatable bonds is 10. The molecule has 4 heterocycles. The van der Waals surface area contributed by atoms with Crippen LogP contribution in [-0.2, 0) is 22.3 Å². The standard InChI is InChI=1S/2C23H30N2O2/c1-18-3-8-22-19(17-18)10-16-27-23(22)9-11-24-12-14-25(15-13-24)20-4-6-21(26-2)7-5-20;1-18-3-4-19-10-16-27-23(22(19)17-18)9-11-24-12-14-25(15-13-24)20-5-7-21(26-2)8-6-20/h2*3-8,17,23H,9-16H2,1-2H3. The Morgan fingerprint density at radius 1 is 0.519 bits per heavy atom. The number of nitrogens with zero attached hydrogens (tertiary/aromatic N) is 4. The van der Waals surface area contributed by atoms with E-state index in [1.807, 2.05) is 24.3 Å². The van der Waals surface area contributed by atoms with Crippen molar-refractivity contribution in [3.05, 3.63) is 118 Å². The van der Waals surface area contributed by atoms with E-state index in [4.69, 9.17) is 18.9 Å². The lowest BCUT2D eigenvalue weighted by Gasteiger charge is -2.37. The number of methoxy groups -OCH3 is 2. The van der Waals surface area contributed by atoms with Gasteiger partial charge >= 0.3 is 0 Å². The van der Waals surface area contributed by atoms with Crippen molar-refractivity contribution >= 4 is 11.4 Å². The molecule has 54 heavy (non-hydrogen) atoms. The number of benzene rings is 4. The van der Waals surface area contributed by atoms with Gasteiger partial charge in [0.05, 0.1) is 39.6 Å². The molecule has 0 bridgehead atoms. The molecule has 2 saturated heterocycles. The highest BCUT2D eigenvalue weighted by Crippen LogP contribution is 2.32. The van der Waals surface area contributed by atoms with E-state index in [9.17, 15) is 0 Å². The van der Waals surface area contributed by atoms with Gasteiger partial charge in [0.1, 0.15) is 11.5 Å². The summed E-state index contributed by atoms with van der Waals surface area (Å²) in [4.78, 5) is 10.1. The number of hydrogen-bond donors (Lipinski definition) is 0. The topological polar surface area (TPSA) is 49.9 Å². The van der Waals surface area contributed by atoms with Gasteiger partial charge in [-0.25, -0.2) is 0 Å². The Balaban J connectivity index is 0.000000167. The van der Waals surface area contributed by atoms with Gasteiger partial charge in [-0.2, -0.15) is 0 Å². The molecule has 0 spiro atoms. The van der Waals surface area contributed by atoms with Gasteiger partial charge in [0.15, 0.2) is 0 Å². The second-order valence-corrected chi connectivity index (χ2v) is 15.3. The predicted molar refractivity (Wildman–Crippen MR) is 220 cm³/mol. The van der Waals surface area contributed by atoms with Crippen LogP contribution in [0.25, 0.3) is 0 Å². The molecule has 2 atom stereocenters. The number of anilines is 2. The summed E-state index contributed by atoms with van der Waals surface area (Å²) in [5, 5.41) is 0. The van der Waals surface area contributed by atoms with E-state index in [1.54, 1.807) is 14.2 Å². The smallest absolute Gasteiger partial charge is 0.119 e. The molecule has 0 amide bonds. The summed E-state index contributed by atoms with van der Waals surface area (Å²) in [5.74, 6) is 1.83. The van der Waals surface area contributed by atoms with Crippen molar-refractivity contribution in [1.29, 1.82) is 0 Å². The minimum Gasteiger partial charge on any atom is -0.497 e. The monoisotopic (exact) mass is 732 g/mol. The van der Waals surface area contributed by atoms with Gasteiger partial charge < -0.3 is 28.7 Å². The third kappa shape index (κ3) is 9.77. The number of aryl methyl sites for hydroxylation is 2. The van der Waals surface area contributed by atoms with Gasteiger partial charge in [0.2, 0.25) is 0 Å². The molecule has 4 aliphatic rings. The van der Waals surface area contributed by atoms with Crippen LogP contribution in [0, 0.1) is 13.8 Å². The molecule has 4 aromatic rings. The normalized spacial score (nSPS) is 20.4. The van der Waals surface area contributed by atoms with Crippen molar-refractivity contribution in [2.24, 2.45) is 0 Å². The van der Waals surface area contributed by atoms with Gasteiger partial charge in [-0.05, 0) is 110 Å². The van der Waals surface area contributed by atoms with Crippen molar-refractivity contribution in [1.82, 2.24) is 9.80 Å². The fourth-order valence-corrected chi connectivity index (χ4v) is 8.43. The van der Waals surface area contributed by atoms with Crippen LogP contribution in [0.3, 0.4) is 0 Å². The summed E-state index contributed by atoms with van der Waals surface area (Å²) in [6.07, 6.45) is 4.78. The fraction of sp³-hybridized carbons (Fsp3) is 0.478. The first-order chi connectivity index (χ1) is 26.4. The largest absolute Gasteiger partial charge is 0.497 e. The maximum Gasteiger partial charge on any atom is 0.119 e. The maximum absolute atomic E-state index is 6.11. The Bertz CT molecular complexity index is 1760. The lowest BCUT2D eigenvalue weighted by Crippen LogP contribution is -2.46. The third-order valence-electron chi connectivity index (χ3n) is 11.7.